The summed E-state index contributed by atoms with van der Waals surface area (Å²) in [4.78, 5) is 17.2. The molecule has 1 amide bonds. The number of hydrogen-bond acceptors (Lipinski definition) is 5. The van der Waals surface area contributed by atoms with Crippen molar-refractivity contribution in [3.05, 3.63) is 42.0 Å². The number of hydrogen-bond donors (Lipinski definition) is 2. The maximum Gasteiger partial charge on any atom is 0.255 e. The van der Waals surface area contributed by atoms with Gasteiger partial charge in [0.25, 0.3) is 5.91 Å². The Balaban J connectivity index is 1.82. The van der Waals surface area contributed by atoms with E-state index in [1.165, 1.54) is 12.8 Å². The van der Waals surface area contributed by atoms with Crippen LogP contribution in [-0.2, 0) is 4.74 Å². The molecule has 0 atom stereocenters. The van der Waals surface area contributed by atoms with Gasteiger partial charge in [0.1, 0.15) is 11.6 Å². The summed E-state index contributed by atoms with van der Waals surface area (Å²) in [7, 11) is 3.25. The van der Waals surface area contributed by atoms with Crippen LogP contribution in [0.5, 0.6) is 5.75 Å². The highest BCUT2D eigenvalue weighted by atomic mass is 16.5. The Morgan fingerprint density at radius 1 is 1.15 bits per heavy atom. The van der Waals surface area contributed by atoms with Crippen LogP contribution in [0, 0.1) is 5.92 Å². The maximum absolute atomic E-state index is 12.5. The highest BCUT2D eigenvalue weighted by molar-refractivity contribution is 5.99. The van der Waals surface area contributed by atoms with Crippen LogP contribution >= 0.6 is 0 Å². The van der Waals surface area contributed by atoms with Crippen LogP contribution in [0.4, 0.5) is 5.82 Å². The molecule has 1 aliphatic rings. The Morgan fingerprint density at radius 3 is 2.58 bits per heavy atom. The van der Waals surface area contributed by atoms with Gasteiger partial charge in [0.05, 0.1) is 25.0 Å². The number of amides is 1. The summed E-state index contributed by atoms with van der Waals surface area (Å²) in [5.41, 5.74) is 2.35. The molecular weight excluding hydrogens is 330 g/mol. The molecule has 0 aliphatic heterocycles. The molecular formula is C20H25N3O3. The van der Waals surface area contributed by atoms with E-state index in [0.29, 0.717) is 30.5 Å². The van der Waals surface area contributed by atoms with E-state index >= 15 is 0 Å². The van der Waals surface area contributed by atoms with Gasteiger partial charge in [0, 0.05) is 25.8 Å². The van der Waals surface area contributed by atoms with Crippen molar-refractivity contribution in [2.75, 3.05) is 39.2 Å². The highest BCUT2D eigenvalue weighted by Crippen LogP contribution is 2.30. The minimum atomic E-state index is -0.144. The van der Waals surface area contributed by atoms with Gasteiger partial charge < -0.3 is 20.1 Å². The van der Waals surface area contributed by atoms with Gasteiger partial charge in [-0.3, -0.25) is 4.79 Å². The number of nitrogens with zero attached hydrogens (tertiary/aromatic N) is 1. The van der Waals surface area contributed by atoms with Crippen molar-refractivity contribution in [2.24, 2.45) is 5.92 Å². The number of ether oxygens (including phenoxy) is 2. The van der Waals surface area contributed by atoms with E-state index in [4.69, 9.17) is 14.5 Å². The number of methoxy groups -OCH3 is 2. The molecule has 0 radical (unpaired) electrons. The molecule has 0 bridgehead atoms. The zero-order chi connectivity index (χ0) is 18.4. The Labute approximate surface area is 153 Å². The first-order valence-electron chi connectivity index (χ1n) is 8.87. The molecule has 0 saturated heterocycles. The topological polar surface area (TPSA) is 72.5 Å². The summed E-state index contributed by atoms with van der Waals surface area (Å²) in [6, 6.07) is 11.4. The Hall–Kier alpha value is -2.60. The molecule has 1 aromatic heterocycles. The van der Waals surface area contributed by atoms with Crippen LogP contribution in [0.3, 0.4) is 0 Å². The minimum absolute atomic E-state index is 0.144. The minimum Gasteiger partial charge on any atom is -0.497 e. The summed E-state index contributed by atoms with van der Waals surface area (Å²) in [5.74, 6) is 1.97. The van der Waals surface area contributed by atoms with E-state index in [0.717, 1.165) is 23.6 Å². The van der Waals surface area contributed by atoms with E-state index < -0.39 is 0 Å². The highest BCUT2D eigenvalue weighted by Gasteiger charge is 2.22. The van der Waals surface area contributed by atoms with Crippen LogP contribution in [0.25, 0.3) is 11.3 Å². The molecule has 2 N–H and O–H groups in total. The first kappa shape index (κ1) is 18.2. The van der Waals surface area contributed by atoms with Crippen LogP contribution in [-0.4, -0.2) is 44.8 Å². The van der Waals surface area contributed by atoms with E-state index in [-0.39, 0.29) is 5.91 Å². The normalized spacial score (nSPS) is 13.3. The SMILES string of the molecule is COCCNC(=O)c1ccc(-c2ccc(OC)cc2)nc1NCC1CC1. The first-order valence-corrected chi connectivity index (χ1v) is 8.87. The van der Waals surface area contributed by atoms with E-state index in [1.54, 1.807) is 14.2 Å². The molecule has 1 fully saturated rings. The molecule has 1 heterocycles. The van der Waals surface area contributed by atoms with Crippen LogP contribution in [0.2, 0.25) is 0 Å². The van der Waals surface area contributed by atoms with Crippen molar-refractivity contribution in [3.63, 3.8) is 0 Å². The van der Waals surface area contributed by atoms with Crippen LogP contribution < -0.4 is 15.4 Å². The molecule has 26 heavy (non-hydrogen) atoms. The largest absolute Gasteiger partial charge is 0.497 e. The number of pyridine rings is 1. The lowest BCUT2D eigenvalue weighted by molar-refractivity contribution is 0.0937. The summed E-state index contributed by atoms with van der Waals surface area (Å²) >= 11 is 0. The van der Waals surface area contributed by atoms with Gasteiger partial charge in [0.2, 0.25) is 0 Å². The third kappa shape index (κ3) is 4.73. The number of anilines is 1. The van der Waals surface area contributed by atoms with Gasteiger partial charge in [-0.25, -0.2) is 4.98 Å². The molecule has 0 unspecified atom stereocenters. The van der Waals surface area contributed by atoms with Crippen molar-refractivity contribution in [1.29, 1.82) is 0 Å². The second-order valence-electron chi connectivity index (χ2n) is 6.39. The average Bonchev–Trinajstić information content (AvgIpc) is 3.51. The van der Waals surface area contributed by atoms with Crippen molar-refractivity contribution in [2.45, 2.75) is 12.8 Å². The lowest BCUT2D eigenvalue weighted by atomic mass is 10.1. The molecule has 6 heteroatoms. The Morgan fingerprint density at radius 2 is 1.92 bits per heavy atom. The third-order valence-electron chi connectivity index (χ3n) is 4.37. The number of aromatic nitrogens is 1. The van der Waals surface area contributed by atoms with Crippen LogP contribution in [0.1, 0.15) is 23.2 Å². The fourth-order valence-electron chi connectivity index (χ4n) is 2.62. The van der Waals surface area contributed by atoms with Crippen LogP contribution in [0.15, 0.2) is 36.4 Å². The van der Waals surface area contributed by atoms with Gasteiger partial charge >= 0.3 is 0 Å². The molecule has 138 valence electrons. The molecule has 1 saturated carbocycles. The molecule has 3 rings (SSSR count). The maximum atomic E-state index is 12.5. The summed E-state index contributed by atoms with van der Waals surface area (Å²) < 4.78 is 10.2. The fourth-order valence-corrected chi connectivity index (χ4v) is 2.62. The Bertz CT molecular complexity index is 742. The zero-order valence-electron chi connectivity index (χ0n) is 15.2. The predicted molar refractivity (Wildman–Crippen MR) is 102 cm³/mol. The number of nitrogens with one attached hydrogen (secondary N) is 2. The second kappa shape index (κ2) is 8.67. The second-order valence-corrected chi connectivity index (χ2v) is 6.39. The number of carbonyl (C=O) groups is 1. The molecule has 1 aromatic carbocycles. The van der Waals surface area contributed by atoms with Crippen molar-refractivity contribution in [3.8, 4) is 17.0 Å². The zero-order valence-corrected chi connectivity index (χ0v) is 15.2. The van der Waals surface area contributed by atoms with Gasteiger partial charge in [-0.05, 0) is 55.2 Å². The summed E-state index contributed by atoms with van der Waals surface area (Å²) in [6.07, 6.45) is 2.47. The number of carbonyl (C=O) groups excluding carboxylic acids is 1. The molecule has 6 nitrogen and oxygen atoms in total. The Kier molecular flexibility index (Phi) is 6.07. The standard InChI is InChI=1S/C20H25N3O3/c1-25-12-11-21-20(24)17-9-10-18(15-5-7-16(26-2)8-6-15)23-19(17)22-13-14-3-4-14/h5-10,14H,3-4,11-13H2,1-2H3,(H,21,24)(H,22,23). The summed E-state index contributed by atoms with van der Waals surface area (Å²) in [6.45, 7) is 1.79. The summed E-state index contributed by atoms with van der Waals surface area (Å²) in [5, 5.41) is 6.21. The number of benzene rings is 1. The van der Waals surface area contributed by atoms with Gasteiger partial charge in [-0.15, -0.1) is 0 Å². The molecule has 0 spiro atoms. The van der Waals surface area contributed by atoms with E-state index in [1.807, 2.05) is 36.4 Å². The smallest absolute Gasteiger partial charge is 0.255 e. The van der Waals surface area contributed by atoms with Crippen molar-refractivity contribution >= 4 is 11.7 Å². The first-order chi connectivity index (χ1) is 12.7. The number of rotatable bonds is 9. The van der Waals surface area contributed by atoms with Crippen molar-refractivity contribution in [1.82, 2.24) is 10.3 Å². The van der Waals surface area contributed by atoms with Crippen molar-refractivity contribution < 1.29 is 14.3 Å². The van der Waals surface area contributed by atoms with E-state index in [2.05, 4.69) is 10.6 Å². The van der Waals surface area contributed by atoms with Gasteiger partial charge in [-0.1, -0.05) is 0 Å². The molecule has 1 aliphatic carbocycles. The third-order valence-corrected chi connectivity index (χ3v) is 4.37. The van der Waals surface area contributed by atoms with E-state index in [9.17, 15) is 4.79 Å². The average molecular weight is 355 g/mol. The molecule has 2 aromatic rings. The van der Waals surface area contributed by atoms with Gasteiger partial charge in [0.15, 0.2) is 0 Å². The fraction of sp³-hybridized carbons (Fsp3) is 0.400. The predicted octanol–water partition coefficient (Wildman–Crippen LogP) is 2.96. The van der Waals surface area contributed by atoms with Gasteiger partial charge in [-0.2, -0.15) is 0 Å². The lowest BCUT2D eigenvalue weighted by Gasteiger charge is -2.13. The lowest BCUT2D eigenvalue weighted by Crippen LogP contribution is -2.28. The monoisotopic (exact) mass is 355 g/mol. The quantitative estimate of drug-likeness (QED) is 0.677.